The van der Waals surface area contributed by atoms with Crippen molar-refractivity contribution in [3.63, 3.8) is 0 Å². The van der Waals surface area contributed by atoms with Crippen LogP contribution in [0.5, 0.6) is 0 Å². The molecule has 68 valence electrons. The van der Waals surface area contributed by atoms with Gasteiger partial charge in [-0.3, -0.25) is 4.21 Å². The normalized spacial score (nSPS) is 16.3. The SMILES string of the molecule is COCOC[C@@H](N)CS(C)=O. The molecule has 0 fully saturated rings. The molecule has 0 bridgehead atoms. The number of rotatable bonds is 6. The number of hydrogen-bond acceptors (Lipinski definition) is 4. The van der Waals surface area contributed by atoms with Crippen LogP contribution in [0.3, 0.4) is 0 Å². The largest absolute Gasteiger partial charge is 0.359 e. The fourth-order valence-electron chi connectivity index (χ4n) is 0.632. The van der Waals surface area contributed by atoms with E-state index in [1.165, 1.54) is 0 Å². The van der Waals surface area contributed by atoms with E-state index in [9.17, 15) is 4.21 Å². The minimum atomic E-state index is -0.847. The Kier molecular flexibility index (Phi) is 6.74. The molecule has 0 saturated carbocycles. The van der Waals surface area contributed by atoms with Gasteiger partial charge in [0.15, 0.2) is 0 Å². The molecule has 2 N–H and O–H groups in total. The van der Waals surface area contributed by atoms with E-state index in [0.29, 0.717) is 12.4 Å². The topological polar surface area (TPSA) is 61.6 Å². The van der Waals surface area contributed by atoms with E-state index >= 15 is 0 Å². The van der Waals surface area contributed by atoms with E-state index in [4.69, 9.17) is 10.5 Å². The summed E-state index contributed by atoms with van der Waals surface area (Å²) in [5.74, 6) is 0.476. The summed E-state index contributed by atoms with van der Waals surface area (Å²) in [6.45, 7) is 0.636. The lowest BCUT2D eigenvalue weighted by molar-refractivity contribution is -0.0334. The van der Waals surface area contributed by atoms with Crippen molar-refractivity contribution in [2.75, 3.05) is 32.5 Å². The van der Waals surface area contributed by atoms with Crippen LogP contribution in [0.25, 0.3) is 0 Å². The summed E-state index contributed by atoms with van der Waals surface area (Å²) < 4.78 is 20.2. The van der Waals surface area contributed by atoms with Gasteiger partial charge in [-0.2, -0.15) is 0 Å². The summed E-state index contributed by atoms with van der Waals surface area (Å²) in [4.78, 5) is 0. The highest BCUT2D eigenvalue weighted by molar-refractivity contribution is 7.84. The van der Waals surface area contributed by atoms with Crippen molar-refractivity contribution in [3.05, 3.63) is 0 Å². The maximum atomic E-state index is 10.6. The molecule has 0 spiro atoms. The molecule has 0 aromatic rings. The first-order chi connectivity index (χ1) is 5.16. The third kappa shape index (κ3) is 7.93. The number of ether oxygens (including phenoxy) is 2. The summed E-state index contributed by atoms with van der Waals surface area (Å²) in [5.41, 5.74) is 5.54. The van der Waals surface area contributed by atoms with Crippen LogP contribution in [-0.2, 0) is 20.3 Å². The van der Waals surface area contributed by atoms with Gasteiger partial charge in [0.2, 0.25) is 0 Å². The van der Waals surface area contributed by atoms with Crippen LogP contribution in [0.4, 0.5) is 0 Å². The van der Waals surface area contributed by atoms with E-state index in [2.05, 4.69) is 4.74 Å². The number of hydrogen-bond donors (Lipinski definition) is 1. The van der Waals surface area contributed by atoms with Crippen molar-refractivity contribution in [2.24, 2.45) is 5.73 Å². The number of nitrogens with two attached hydrogens (primary N) is 1. The highest BCUT2D eigenvalue weighted by atomic mass is 32.2. The molecular formula is C6H15NO3S. The van der Waals surface area contributed by atoms with Crippen LogP contribution in [0.15, 0.2) is 0 Å². The van der Waals surface area contributed by atoms with Crippen LogP contribution >= 0.6 is 0 Å². The van der Waals surface area contributed by atoms with Gasteiger partial charge in [0.25, 0.3) is 0 Å². The quantitative estimate of drug-likeness (QED) is 0.435. The van der Waals surface area contributed by atoms with Gasteiger partial charge < -0.3 is 15.2 Å². The predicted octanol–water partition coefficient (Wildman–Crippen LogP) is -0.687. The predicted molar refractivity (Wildman–Crippen MR) is 44.7 cm³/mol. The second-order valence-electron chi connectivity index (χ2n) is 2.28. The molecule has 1 unspecified atom stereocenters. The van der Waals surface area contributed by atoms with Crippen molar-refractivity contribution in [1.29, 1.82) is 0 Å². The summed E-state index contributed by atoms with van der Waals surface area (Å²) >= 11 is 0. The Bertz CT molecular complexity index is 120. The Morgan fingerprint density at radius 2 is 2.27 bits per heavy atom. The molecule has 0 aliphatic heterocycles. The van der Waals surface area contributed by atoms with E-state index in [1.807, 2.05) is 0 Å². The Morgan fingerprint density at radius 1 is 1.64 bits per heavy atom. The molecular weight excluding hydrogens is 166 g/mol. The van der Waals surface area contributed by atoms with E-state index < -0.39 is 10.8 Å². The molecule has 5 heteroatoms. The van der Waals surface area contributed by atoms with Crippen LogP contribution in [0.1, 0.15) is 0 Å². The van der Waals surface area contributed by atoms with Gasteiger partial charge in [-0.05, 0) is 0 Å². The summed E-state index contributed by atoms with van der Waals surface area (Å²) in [5, 5.41) is 0. The van der Waals surface area contributed by atoms with E-state index in [1.54, 1.807) is 13.4 Å². The molecule has 0 aliphatic carbocycles. The minimum absolute atomic E-state index is 0.156. The van der Waals surface area contributed by atoms with Gasteiger partial charge >= 0.3 is 0 Å². The van der Waals surface area contributed by atoms with Crippen molar-refractivity contribution in [2.45, 2.75) is 6.04 Å². The Hall–Kier alpha value is 0.0300. The highest BCUT2D eigenvalue weighted by Gasteiger charge is 2.03. The molecule has 0 radical (unpaired) electrons. The second kappa shape index (κ2) is 6.72. The maximum absolute atomic E-state index is 10.6. The summed E-state index contributed by atoms with van der Waals surface area (Å²) in [6, 6.07) is -0.156. The lowest BCUT2D eigenvalue weighted by atomic mass is 10.4. The molecule has 0 aliphatic rings. The van der Waals surface area contributed by atoms with Crippen LogP contribution in [0.2, 0.25) is 0 Å². The van der Waals surface area contributed by atoms with E-state index in [0.717, 1.165) is 0 Å². The van der Waals surface area contributed by atoms with Crippen LogP contribution in [-0.4, -0.2) is 42.8 Å². The molecule has 0 rings (SSSR count). The first-order valence-electron chi connectivity index (χ1n) is 3.29. The molecule has 0 aromatic carbocycles. The molecule has 0 amide bonds. The highest BCUT2D eigenvalue weighted by Crippen LogP contribution is 1.85. The van der Waals surface area contributed by atoms with Gasteiger partial charge in [-0.15, -0.1) is 0 Å². The smallest absolute Gasteiger partial charge is 0.146 e. The average molecular weight is 181 g/mol. The van der Waals surface area contributed by atoms with E-state index in [-0.39, 0.29) is 12.8 Å². The van der Waals surface area contributed by atoms with Crippen molar-refractivity contribution in [1.82, 2.24) is 0 Å². The van der Waals surface area contributed by atoms with Gasteiger partial charge in [-0.1, -0.05) is 0 Å². The average Bonchev–Trinajstić information content (AvgIpc) is 1.86. The number of methoxy groups -OCH3 is 1. The standard InChI is InChI=1S/C6H15NO3S/c1-9-5-10-3-6(7)4-11(2)8/h6H,3-5,7H2,1-2H3/t6-,11?/m1/s1. The Morgan fingerprint density at radius 3 is 2.73 bits per heavy atom. The molecule has 0 heterocycles. The molecule has 11 heavy (non-hydrogen) atoms. The first-order valence-corrected chi connectivity index (χ1v) is 5.01. The third-order valence-electron chi connectivity index (χ3n) is 0.982. The molecule has 2 atom stereocenters. The maximum Gasteiger partial charge on any atom is 0.146 e. The lowest BCUT2D eigenvalue weighted by Crippen LogP contribution is -2.32. The van der Waals surface area contributed by atoms with Gasteiger partial charge in [0.05, 0.1) is 6.61 Å². The van der Waals surface area contributed by atoms with Gasteiger partial charge in [0, 0.05) is 36.0 Å². The summed E-state index contributed by atoms with van der Waals surface area (Å²) in [7, 11) is 0.698. The molecule has 4 nitrogen and oxygen atoms in total. The Balaban J connectivity index is 3.22. The van der Waals surface area contributed by atoms with Crippen molar-refractivity contribution >= 4 is 10.8 Å². The molecule has 0 saturated heterocycles. The van der Waals surface area contributed by atoms with Crippen molar-refractivity contribution in [3.8, 4) is 0 Å². The van der Waals surface area contributed by atoms with Crippen molar-refractivity contribution < 1.29 is 13.7 Å². The zero-order valence-electron chi connectivity index (χ0n) is 6.91. The fourth-order valence-corrected chi connectivity index (χ4v) is 1.33. The summed E-state index contributed by atoms with van der Waals surface area (Å²) in [6.07, 6.45) is 1.62. The minimum Gasteiger partial charge on any atom is -0.359 e. The monoisotopic (exact) mass is 181 g/mol. The second-order valence-corrected chi connectivity index (χ2v) is 3.76. The zero-order valence-corrected chi connectivity index (χ0v) is 7.73. The van der Waals surface area contributed by atoms with Crippen LogP contribution < -0.4 is 5.73 Å². The Labute approximate surface area is 69.5 Å². The van der Waals surface area contributed by atoms with Gasteiger partial charge in [-0.25, -0.2) is 0 Å². The third-order valence-corrected chi connectivity index (χ3v) is 1.88. The van der Waals surface area contributed by atoms with Gasteiger partial charge in [0.1, 0.15) is 6.79 Å². The zero-order chi connectivity index (χ0) is 8.69. The fraction of sp³-hybridized carbons (Fsp3) is 1.00. The first kappa shape index (κ1) is 11.0. The molecule has 0 aromatic heterocycles. The lowest BCUT2D eigenvalue weighted by Gasteiger charge is -2.09. The van der Waals surface area contributed by atoms with Crippen LogP contribution in [0, 0.1) is 0 Å².